The zero-order chi connectivity index (χ0) is 16.1. The van der Waals surface area contributed by atoms with Crippen LogP contribution in [0.3, 0.4) is 0 Å². The average Bonchev–Trinajstić information content (AvgIpc) is 2.43. The predicted molar refractivity (Wildman–Crippen MR) is 84.9 cm³/mol. The Bertz CT molecular complexity index is 649. The second-order valence-electron chi connectivity index (χ2n) is 5.06. The quantitative estimate of drug-likeness (QED) is 0.781. The molecule has 120 valence electrons. The van der Waals surface area contributed by atoms with Crippen molar-refractivity contribution in [1.82, 2.24) is 5.32 Å². The molecule has 1 unspecified atom stereocenters. The molecule has 1 aromatic rings. The Morgan fingerprint density at radius 3 is 2.10 bits per heavy atom. The van der Waals surface area contributed by atoms with Gasteiger partial charge in [0.15, 0.2) is 9.84 Å². The first-order chi connectivity index (χ1) is 9.69. The molecule has 1 N–H and O–H groups in total. The van der Waals surface area contributed by atoms with E-state index in [4.69, 9.17) is 0 Å². The van der Waals surface area contributed by atoms with Gasteiger partial charge in [0.1, 0.15) is 9.84 Å². The summed E-state index contributed by atoms with van der Waals surface area (Å²) in [7, 11) is -4.32. The summed E-state index contributed by atoms with van der Waals surface area (Å²) in [5.74, 6) is 0.351. The summed E-state index contributed by atoms with van der Waals surface area (Å²) in [4.78, 5) is 0.287. The monoisotopic (exact) mass is 333 g/mol. The first-order valence-corrected chi connectivity index (χ1v) is 10.6. The van der Waals surface area contributed by atoms with Crippen molar-refractivity contribution >= 4 is 19.7 Å². The fraction of sp³-hybridized carbons (Fsp3) is 0.571. The fourth-order valence-corrected chi connectivity index (χ4v) is 3.60. The normalized spacial score (nSPS) is 14.0. The number of benzene rings is 1. The third kappa shape index (κ3) is 5.76. The van der Waals surface area contributed by atoms with Crippen molar-refractivity contribution in [2.45, 2.75) is 30.7 Å². The molecule has 1 atom stereocenters. The number of hydrogen-bond acceptors (Lipinski definition) is 5. The topological polar surface area (TPSA) is 80.3 Å². The van der Waals surface area contributed by atoms with Crippen molar-refractivity contribution in [3.05, 3.63) is 29.8 Å². The molecular weight excluding hydrogens is 310 g/mol. The number of hydrogen-bond donors (Lipinski definition) is 1. The van der Waals surface area contributed by atoms with Gasteiger partial charge in [-0.05, 0) is 37.6 Å². The highest BCUT2D eigenvalue weighted by atomic mass is 32.2. The standard InChI is InChI=1S/C14H23NO4S2/c1-4-21(18,19)11-5-6-14(15-2)12-7-9-13(10-8-12)20(3,16)17/h7-10,14-15H,4-6,11H2,1-3H3. The first kappa shape index (κ1) is 18.1. The predicted octanol–water partition coefficient (Wildman–Crippen LogP) is 1.57. The molecule has 0 aliphatic carbocycles. The lowest BCUT2D eigenvalue weighted by atomic mass is 10.0. The molecule has 0 saturated heterocycles. The maximum atomic E-state index is 11.5. The van der Waals surface area contributed by atoms with Crippen molar-refractivity contribution in [2.75, 3.05) is 24.8 Å². The number of rotatable bonds is 8. The van der Waals surface area contributed by atoms with Gasteiger partial charge in [-0.3, -0.25) is 0 Å². The third-order valence-corrected chi connectivity index (χ3v) is 6.37. The molecule has 7 heteroatoms. The van der Waals surface area contributed by atoms with Gasteiger partial charge in [-0.2, -0.15) is 0 Å². The third-order valence-electron chi connectivity index (χ3n) is 3.45. The molecule has 0 aliphatic rings. The average molecular weight is 333 g/mol. The molecule has 0 spiro atoms. The van der Waals surface area contributed by atoms with Crippen LogP contribution in [0.1, 0.15) is 31.4 Å². The zero-order valence-corrected chi connectivity index (χ0v) is 14.3. The van der Waals surface area contributed by atoms with Gasteiger partial charge in [-0.15, -0.1) is 0 Å². The van der Waals surface area contributed by atoms with Crippen LogP contribution in [0.5, 0.6) is 0 Å². The summed E-state index contributed by atoms with van der Waals surface area (Å²) in [6.07, 6.45) is 2.44. The lowest BCUT2D eigenvalue weighted by Gasteiger charge is -2.17. The molecule has 1 aromatic carbocycles. The lowest BCUT2D eigenvalue weighted by Crippen LogP contribution is -2.18. The smallest absolute Gasteiger partial charge is 0.175 e. The van der Waals surface area contributed by atoms with E-state index in [1.807, 2.05) is 7.05 Å². The van der Waals surface area contributed by atoms with Crippen LogP contribution in [0.25, 0.3) is 0 Å². The van der Waals surface area contributed by atoms with Crippen molar-refractivity contribution in [2.24, 2.45) is 0 Å². The van der Waals surface area contributed by atoms with Crippen molar-refractivity contribution in [3.8, 4) is 0 Å². The highest BCUT2D eigenvalue weighted by molar-refractivity contribution is 7.91. The molecule has 1 rings (SSSR count). The van der Waals surface area contributed by atoms with Gasteiger partial charge in [-0.25, -0.2) is 16.8 Å². The van der Waals surface area contributed by atoms with Crippen LogP contribution in [0.2, 0.25) is 0 Å². The minimum absolute atomic E-state index is 0.0191. The van der Waals surface area contributed by atoms with Crippen molar-refractivity contribution in [1.29, 1.82) is 0 Å². The van der Waals surface area contributed by atoms with Gasteiger partial charge in [0.05, 0.1) is 10.6 Å². The highest BCUT2D eigenvalue weighted by Crippen LogP contribution is 2.20. The van der Waals surface area contributed by atoms with Gasteiger partial charge in [0.25, 0.3) is 0 Å². The van der Waals surface area contributed by atoms with Crippen LogP contribution >= 0.6 is 0 Å². The number of nitrogens with one attached hydrogen (secondary N) is 1. The molecule has 0 fully saturated rings. The maximum absolute atomic E-state index is 11.5. The van der Waals surface area contributed by atoms with Crippen LogP contribution in [0.15, 0.2) is 29.2 Å². The van der Waals surface area contributed by atoms with Gasteiger partial charge < -0.3 is 5.32 Å². The van der Waals surface area contributed by atoms with Gasteiger partial charge in [0.2, 0.25) is 0 Å². The van der Waals surface area contributed by atoms with Crippen molar-refractivity contribution in [3.63, 3.8) is 0 Å². The second kappa shape index (κ2) is 7.38. The summed E-state index contributed by atoms with van der Waals surface area (Å²) in [5, 5.41) is 3.14. The van der Waals surface area contributed by atoms with E-state index in [9.17, 15) is 16.8 Å². The Balaban J connectivity index is 2.73. The van der Waals surface area contributed by atoms with E-state index in [0.29, 0.717) is 12.8 Å². The summed E-state index contributed by atoms with van der Waals surface area (Å²) in [6.45, 7) is 1.65. The van der Waals surface area contributed by atoms with E-state index in [-0.39, 0.29) is 22.4 Å². The van der Waals surface area contributed by atoms with Crippen LogP contribution in [-0.2, 0) is 19.7 Å². The van der Waals surface area contributed by atoms with E-state index >= 15 is 0 Å². The van der Waals surface area contributed by atoms with Crippen LogP contribution in [-0.4, -0.2) is 41.6 Å². The van der Waals surface area contributed by atoms with Crippen LogP contribution < -0.4 is 5.32 Å². The molecular formula is C14H23NO4S2. The number of sulfone groups is 2. The van der Waals surface area contributed by atoms with E-state index in [1.165, 1.54) is 6.26 Å². The molecule has 0 heterocycles. The molecule has 5 nitrogen and oxygen atoms in total. The second-order valence-corrected chi connectivity index (χ2v) is 9.55. The Morgan fingerprint density at radius 1 is 1.10 bits per heavy atom. The molecule has 0 saturated carbocycles. The molecule has 0 radical (unpaired) electrons. The Morgan fingerprint density at radius 2 is 1.67 bits per heavy atom. The SMILES string of the molecule is CCS(=O)(=O)CCCC(NC)c1ccc(S(C)(=O)=O)cc1. The molecule has 0 amide bonds. The summed E-state index contributed by atoms with van der Waals surface area (Å²) in [5.41, 5.74) is 0.957. The van der Waals surface area contributed by atoms with Crippen LogP contribution in [0.4, 0.5) is 0 Å². The highest BCUT2D eigenvalue weighted by Gasteiger charge is 2.14. The summed E-state index contributed by atoms with van der Waals surface area (Å²) in [6, 6.07) is 6.72. The maximum Gasteiger partial charge on any atom is 0.175 e. The molecule has 0 aliphatic heterocycles. The summed E-state index contributed by atoms with van der Waals surface area (Å²) >= 11 is 0. The Labute approximate surface area is 127 Å². The Kier molecular flexibility index (Phi) is 6.37. The fourth-order valence-electron chi connectivity index (χ4n) is 2.08. The van der Waals surface area contributed by atoms with E-state index in [0.717, 1.165) is 5.56 Å². The molecule has 0 bridgehead atoms. The van der Waals surface area contributed by atoms with Crippen LogP contribution in [0, 0.1) is 0 Å². The summed E-state index contributed by atoms with van der Waals surface area (Å²) < 4.78 is 45.8. The Hall–Kier alpha value is -0.920. The zero-order valence-electron chi connectivity index (χ0n) is 12.7. The van der Waals surface area contributed by atoms with E-state index < -0.39 is 19.7 Å². The van der Waals surface area contributed by atoms with Gasteiger partial charge in [0, 0.05) is 18.1 Å². The molecule has 21 heavy (non-hydrogen) atoms. The minimum atomic E-state index is -3.19. The van der Waals surface area contributed by atoms with E-state index in [1.54, 1.807) is 31.2 Å². The van der Waals surface area contributed by atoms with Crippen molar-refractivity contribution < 1.29 is 16.8 Å². The first-order valence-electron chi connectivity index (χ1n) is 6.87. The molecule has 0 aromatic heterocycles. The van der Waals surface area contributed by atoms with Gasteiger partial charge in [-0.1, -0.05) is 19.1 Å². The lowest BCUT2D eigenvalue weighted by molar-refractivity contribution is 0.535. The largest absolute Gasteiger partial charge is 0.313 e. The van der Waals surface area contributed by atoms with E-state index in [2.05, 4.69) is 5.32 Å². The minimum Gasteiger partial charge on any atom is -0.313 e. The van der Waals surface area contributed by atoms with Gasteiger partial charge >= 0.3 is 0 Å².